The van der Waals surface area contributed by atoms with Crippen LogP contribution in [0.4, 0.5) is 4.79 Å². The number of nitrogens with zero attached hydrogens (tertiary/aromatic N) is 2. The molecule has 1 N–H and O–H groups in total. The Bertz CT molecular complexity index is 398. The van der Waals surface area contributed by atoms with E-state index in [0.29, 0.717) is 25.4 Å². The van der Waals surface area contributed by atoms with Crippen molar-refractivity contribution < 1.29 is 19.4 Å². The number of aliphatic carboxylic acids is 1. The van der Waals surface area contributed by atoms with Crippen LogP contribution in [0.3, 0.4) is 0 Å². The summed E-state index contributed by atoms with van der Waals surface area (Å²) < 4.78 is 5.36. The number of carboxylic acid groups (broad SMARTS) is 1. The average molecular weight is 328 g/mol. The van der Waals surface area contributed by atoms with Crippen molar-refractivity contribution in [1.29, 1.82) is 0 Å². The summed E-state index contributed by atoms with van der Waals surface area (Å²) in [5.74, 6) is -0.879. The third-order valence-electron chi connectivity index (χ3n) is 4.37. The van der Waals surface area contributed by atoms with Crippen LogP contribution in [0.5, 0.6) is 0 Å². The lowest BCUT2D eigenvalue weighted by Gasteiger charge is -2.37. The van der Waals surface area contributed by atoms with Crippen LogP contribution in [0, 0.1) is 5.92 Å². The molecule has 0 aromatic carbocycles. The summed E-state index contributed by atoms with van der Waals surface area (Å²) in [6.07, 6.45) is 3.02. The summed E-state index contributed by atoms with van der Waals surface area (Å²) in [5, 5.41) is 9.07. The highest BCUT2D eigenvalue weighted by atomic mass is 16.6. The molecule has 0 saturated carbocycles. The van der Waals surface area contributed by atoms with Gasteiger partial charge in [0.25, 0.3) is 0 Å². The van der Waals surface area contributed by atoms with Gasteiger partial charge >= 0.3 is 12.1 Å². The van der Waals surface area contributed by atoms with E-state index < -0.39 is 11.6 Å². The Kier molecular flexibility index (Phi) is 7.32. The predicted octanol–water partition coefficient (Wildman–Crippen LogP) is 2.82. The Morgan fingerprint density at radius 1 is 1.30 bits per heavy atom. The second-order valence-electron chi connectivity index (χ2n) is 7.40. The standard InChI is InChI=1S/C17H32N2O4/c1-6-14(19-11-7-13(8-12-19)15(20)21)9-10-18(5)16(22)23-17(2,3)4/h13-14H,6-12H2,1-5H3,(H,20,21). The lowest BCUT2D eigenvalue weighted by Crippen LogP contribution is -2.44. The van der Waals surface area contributed by atoms with Crippen LogP contribution in [-0.4, -0.2) is 65.3 Å². The molecule has 1 rings (SSSR count). The number of amides is 1. The summed E-state index contributed by atoms with van der Waals surface area (Å²) >= 11 is 0. The first kappa shape index (κ1) is 19.7. The molecule has 0 aromatic heterocycles. The van der Waals surface area contributed by atoms with Crippen LogP contribution in [0.25, 0.3) is 0 Å². The first-order valence-corrected chi connectivity index (χ1v) is 8.55. The summed E-state index contributed by atoms with van der Waals surface area (Å²) in [6.45, 7) is 10.0. The second-order valence-corrected chi connectivity index (χ2v) is 7.40. The number of likely N-dealkylation sites (tertiary alicyclic amines) is 1. The van der Waals surface area contributed by atoms with E-state index in [1.807, 2.05) is 20.8 Å². The van der Waals surface area contributed by atoms with Gasteiger partial charge in [0.15, 0.2) is 0 Å². The molecule has 6 nitrogen and oxygen atoms in total. The number of carbonyl (C=O) groups excluding carboxylic acids is 1. The van der Waals surface area contributed by atoms with E-state index in [1.165, 1.54) is 0 Å². The molecular weight excluding hydrogens is 296 g/mol. The Balaban J connectivity index is 2.42. The molecule has 6 heteroatoms. The van der Waals surface area contributed by atoms with Gasteiger partial charge in [0.2, 0.25) is 0 Å². The van der Waals surface area contributed by atoms with Gasteiger partial charge in [0.1, 0.15) is 5.60 Å². The molecule has 1 amide bonds. The maximum absolute atomic E-state index is 12.0. The third kappa shape index (κ3) is 6.77. The molecule has 0 bridgehead atoms. The molecule has 0 spiro atoms. The van der Waals surface area contributed by atoms with Crippen molar-refractivity contribution in [3.8, 4) is 0 Å². The minimum Gasteiger partial charge on any atom is -0.481 e. The molecule has 0 aliphatic carbocycles. The molecule has 134 valence electrons. The van der Waals surface area contributed by atoms with Crippen LogP contribution in [0.1, 0.15) is 53.4 Å². The van der Waals surface area contributed by atoms with Gasteiger partial charge in [0.05, 0.1) is 5.92 Å². The zero-order valence-corrected chi connectivity index (χ0v) is 15.2. The van der Waals surface area contributed by atoms with Gasteiger partial charge in [-0.3, -0.25) is 4.79 Å². The van der Waals surface area contributed by atoms with Gasteiger partial charge in [0, 0.05) is 19.6 Å². The van der Waals surface area contributed by atoms with Crippen LogP contribution in [-0.2, 0) is 9.53 Å². The topological polar surface area (TPSA) is 70.1 Å². The van der Waals surface area contributed by atoms with Crippen LogP contribution < -0.4 is 0 Å². The van der Waals surface area contributed by atoms with Gasteiger partial charge < -0.3 is 19.6 Å². The number of rotatable bonds is 6. The summed E-state index contributed by atoms with van der Waals surface area (Å²) in [4.78, 5) is 27.0. The average Bonchev–Trinajstić information content (AvgIpc) is 2.46. The van der Waals surface area contributed by atoms with Crippen LogP contribution in [0.2, 0.25) is 0 Å². The lowest BCUT2D eigenvalue weighted by molar-refractivity contribution is -0.143. The SMILES string of the molecule is CCC(CCN(C)C(=O)OC(C)(C)C)N1CCC(C(=O)O)CC1. The highest BCUT2D eigenvalue weighted by Gasteiger charge is 2.28. The first-order valence-electron chi connectivity index (χ1n) is 8.55. The van der Waals surface area contributed by atoms with Crippen molar-refractivity contribution in [2.45, 2.75) is 65.0 Å². The van der Waals surface area contributed by atoms with E-state index in [4.69, 9.17) is 9.84 Å². The fourth-order valence-corrected chi connectivity index (χ4v) is 2.93. The molecule has 1 unspecified atom stereocenters. The van der Waals surface area contributed by atoms with Crippen LogP contribution in [0.15, 0.2) is 0 Å². The number of ether oxygens (including phenoxy) is 1. The Morgan fingerprint density at radius 2 is 1.87 bits per heavy atom. The molecule has 1 aliphatic heterocycles. The van der Waals surface area contributed by atoms with Crippen molar-refractivity contribution in [3.63, 3.8) is 0 Å². The maximum Gasteiger partial charge on any atom is 0.410 e. The zero-order chi connectivity index (χ0) is 17.6. The number of carbonyl (C=O) groups is 2. The number of hydrogen-bond acceptors (Lipinski definition) is 4. The number of hydrogen-bond donors (Lipinski definition) is 1. The maximum atomic E-state index is 12.0. The highest BCUT2D eigenvalue weighted by molar-refractivity contribution is 5.70. The van der Waals surface area contributed by atoms with Crippen LogP contribution >= 0.6 is 0 Å². The first-order chi connectivity index (χ1) is 10.6. The molecule has 1 atom stereocenters. The minimum absolute atomic E-state index is 0.201. The zero-order valence-electron chi connectivity index (χ0n) is 15.2. The van der Waals surface area contributed by atoms with E-state index >= 15 is 0 Å². The van der Waals surface area contributed by atoms with E-state index in [2.05, 4.69) is 11.8 Å². The van der Waals surface area contributed by atoms with Gasteiger partial charge in [-0.2, -0.15) is 0 Å². The molecular formula is C17H32N2O4. The molecule has 1 fully saturated rings. The number of carboxylic acids is 1. The molecule has 1 saturated heterocycles. The fourth-order valence-electron chi connectivity index (χ4n) is 2.93. The third-order valence-corrected chi connectivity index (χ3v) is 4.37. The van der Waals surface area contributed by atoms with Crippen molar-refractivity contribution in [1.82, 2.24) is 9.80 Å². The summed E-state index contributed by atoms with van der Waals surface area (Å²) in [7, 11) is 1.76. The van der Waals surface area contributed by atoms with Crippen molar-refractivity contribution >= 4 is 12.1 Å². The Hall–Kier alpha value is -1.30. The van der Waals surface area contributed by atoms with Crippen molar-refractivity contribution in [3.05, 3.63) is 0 Å². The van der Waals surface area contributed by atoms with E-state index in [9.17, 15) is 9.59 Å². The van der Waals surface area contributed by atoms with Gasteiger partial charge in [-0.15, -0.1) is 0 Å². The van der Waals surface area contributed by atoms with Crippen molar-refractivity contribution in [2.24, 2.45) is 5.92 Å². The van der Waals surface area contributed by atoms with Gasteiger partial charge in [-0.25, -0.2) is 4.79 Å². The lowest BCUT2D eigenvalue weighted by atomic mass is 9.95. The Morgan fingerprint density at radius 3 is 2.30 bits per heavy atom. The quantitative estimate of drug-likeness (QED) is 0.812. The molecule has 0 aromatic rings. The fraction of sp³-hybridized carbons (Fsp3) is 0.882. The highest BCUT2D eigenvalue weighted by Crippen LogP contribution is 2.22. The van der Waals surface area contributed by atoms with Crippen molar-refractivity contribution in [2.75, 3.05) is 26.7 Å². The predicted molar refractivity (Wildman–Crippen MR) is 89.5 cm³/mol. The largest absolute Gasteiger partial charge is 0.481 e. The van der Waals surface area contributed by atoms with E-state index in [-0.39, 0.29) is 12.0 Å². The van der Waals surface area contributed by atoms with E-state index in [0.717, 1.165) is 25.9 Å². The normalized spacial score (nSPS) is 18.5. The molecule has 0 radical (unpaired) electrons. The molecule has 23 heavy (non-hydrogen) atoms. The van der Waals surface area contributed by atoms with Gasteiger partial charge in [-0.1, -0.05) is 6.92 Å². The second kappa shape index (κ2) is 8.52. The number of piperidine rings is 1. The Labute approximate surface area is 139 Å². The molecule has 1 heterocycles. The smallest absolute Gasteiger partial charge is 0.410 e. The molecule has 1 aliphatic rings. The summed E-state index contributed by atoms with van der Waals surface area (Å²) in [6, 6.07) is 0.384. The minimum atomic E-state index is -0.678. The summed E-state index contributed by atoms with van der Waals surface area (Å²) in [5.41, 5.74) is -0.478. The monoisotopic (exact) mass is 328 g/mol. The van der Waals surface area contributed by atoms with Gasteiger partial charge in [-0.05, 0) is 59.5 Å². The van der Waals surface area contributed by atoms with E-state index in [1.54, 1.807) is 11.9 Å².